The highest BCUT2D eigenvalue weighted by molar-refractivity contribution is 6.32. The first-order valence-corrected chi connectivity index (χ1v) is 11.0. The lowest BCUT2D eigenvalue weighted by molar-refractivity contribution is -0.140. The Balaban J connectivity index is 1.76. The van der Waals surface area contributed by atoms with Crippen molar-refractivity contribution >= 4 is 40.3 Å². The van der Waals surface area contributed by atoms with Crippen molar-refractivity contribution in [1.82, 2.24) is 15.1 Å². The first kappa shape index (κ1) is 25.8. The van der Waals surface area contributed by atoms with Crippen LogP contribution in [0.1, 0.15) is 24.3 Å². The molecule has 184 valence electrons. The van der Waals surface area contributed by atoms with Crippen LogP contribution < -0.4 is 10.1 Å². The Labute approximate surface area is 207 Å². The number of aryl methyl sites for hydroxylation is 1. The predicted octanol–water partition coefficient (Wildman–Crippen LogP) is 3.68. The number of ether oxygens (including phenoxy) is 3. The van der Waals surface area contributed by atoms with Crippen LogP contribution in [0.5, 0.6) is 5.75 Å². The number of nitrogens with one attached hydrogen (secondary N) is 1. The van der Waals surface area contributed by atoms with Gasteiger partial charge in [0.1, 0.15) is 12.4 Å². The number of rotatable bonds is 8. The zero-order valence-corrected chi connectivity index (χ0v) is 20.8. The van der Waals surface area contributed by atoms with E-state index in [0.29, 0.717) is 16.2 Å². The summed E-state index contributed by atoms with van der Waals surface area (Å²) in [5.74, 6) is -1.23. The number of hydrogen-bond acceptors (Lipinski definition) is 7. The summed E-state index contributed by atoms with van der Waals surface area (Å²) in [5.41, 5.74) is 1.91. The summed E-state index contributed by atoms with van der Waals surface area (Å²) in [6.07, 6.45) is 1.92. The Bertz CT molecular complexity index is 1310. The minimum atomic E-state index is -0.893. The lowest BCUT2D eigenvalue weighted by Crippen LogP contribution is -2.47. The second-order valence-corrected chi connectivity index (χ2v) is 8.76. The second kappa shape index (κ2) is 10.6. The van der Waals surface area contributed by atoms with E-state index in [0.717, 1.165) is 28.8 Å². The first-order chi connectivity index (χ1) is 16.5. The first-order valence-electron chi connectivity index (χ1n) is 10.6. The molecule has 0 atom stereocenters. The molecule has 0 saturated carbocycles. The molecule has 1 heterocycles. The fourth-order valence-corrected chi connectivity index (χ4v) is 3.61. The Hall–Kier alpha value is -3.85. The van der Waals surface area contributed by atoms with Gasteiger partial charge >= 0.3 is 11.9 Å². The van der Waals surface area contributed by atoms with E-state index in [1.807, 2.05) is 30.3 Å². The molecule has 0 radical (unpaired) electrons. The van der Waals surface area contributed by atoms with Gasteiger partial charge in [0.15, 0.2) is 5.69 Å². The van der Waals surface area contributed by atoms with E-state index in [9.17, 15) is 14.4 Å². The molecule has 0 bridgehead atoms. The molecule has 0 spiro atoms. The molecule has 0 aliphatic rings. The number of carbonyl (C=O) groups is 3. The van der Waals surface area contributed by atoms with Gasteiger partial charge in [-0.25, -0.2) is 9.59 Å². The number of amides is 1. The second-order valence-electron chi connectivity index (χ2n) is 8.36. The van der Waals surface area contributed by atoms with Crippen molar-refractivity contribution in [2.75, 3.05) is 20.8 Å². The van der Waals surface area contributed by atoms with Gasteiger partial charge in [0, 0.05) is 24.6 Å². The molecule has 0 saturated heterocycles. The molecule has 1 N–H and O–H groups in total. The Morgan fingerprint density at radius 3 is 2.37 bits per heavy atom. The summed E-state index contributed by atoms with van der Waals surface area (Å²) in [6, 6.07) is 11.2. The van der Waals surface area contributed by atoms with Gasteiger partial charge in [0.25, 0.3) is 5.91 Å². The average Bonchev–Trinajstić information content (AvgIpc) is 3.17. The van der Waals surface area contributed by atoms with Crippen molar-refractivity contribution in [2.45, 2.75) is 19.4 Å². The minimum Gasteiger partial charge on any atom is -0.495 e. The van der Waals surface area contributed by atoms with Crippen molar-refractivity contribution in [3.63, 3.8) is 0 Å². The predicted molar refractivity (Wildman–Crippen MR) is 131 cm³/mol. The number of hydrogen-bond donors (Lipinski definition) is 1. The summed E-state index contributed by atoms with van der Waals surface area (Å²) >= 11 is 6.27. The molecule has 35 heavy (non-hydrogen) atoms. The fraction of sp³-hybridized carbons (Fsp3) is 0.280. The maximum atomic E-state index is 13.0. The monoisotopic (exact) mass is 499 g/mol. The Morgan fingerprint density at radius 2 is 1.71 bits per heavy atom. The number of aromatic nitrogens is 2. The van der Waals surface area contributed by atoms with Crippen LogP contribution in [0.3, 0.4) is 0 Å². The molecule has 0 unspecified atom stereocenters. The molecule has 1 aromatic heterocycles. The van der Waals surface area contributed by atoms with E-state index in [2.05, 4.69) is 15.2 Å². The SMILES string of the molecule is COC(=O)/C=C/C(=O)OCC(C)(C)NC(=O)c1nn(C)c2cc(-c3ccc(OC)c(Cl)c3)ccc12. The molecule has 2 aromatic carbocycles. The van der Waals surface area contributed by atoms with Gasteiger partial charge in [0.05, 0.1) is 30.3 Å². The Morgan fingerprint density at radius 1 is 1.06 bits per heavy atom. The largest absolute Gasteiger partial charge is 0.495 e. The van der Waals surface area contributed by atoms with Gasteiger partial charge in [-0.2, -0.15) is 5.10 Å². The minimum absolute atomic E-state index is 0.115. The van der Waals surface area contributed by atoms with E-state index < -0.39 is 23.4 Å². The van der Waals surface area contributed by atoms with Crippen molar-refractivity contribution in [2.24, 2.45) is 7.05 Å². The van der Waals surface area contributed by atoms with Gasteiger partial charge in [-0.1, -0.05) is 23.7 Å². The van der Waals surface area contributed by atoms with E-state index in [4.69, 9.17) is 21.1 Å². The number of benzene rings is 2. The smallest absolute Gasteiger partial charge is 0.331 e. The van der Waals surface area contributed by atoms with E-state index >= 15 is 0 Å². The van der Waals surface area contributed by atoms with E-state index in [1.54, 1.807) is 38.8 Å². The van der Waals surface area contributed by atoms with Gasteiger partial charge in [-0.3, -0.25) is 9.48 Å². The third kappa shape index (κ3) is 6.19. The average molecular weight is 500 g/mol. The summed E-state index contributed by atoms with van der Waals surface area (Å²) in [5, 5.41) is 8.40. The van der Waals surface area contributed by atoms with Crippen LogP contribution in [0.2, 0.25) is 5.02 Å². The molecule has 0 aliphatic heterocycles. The Kier molecular flexibility index (Phi) is 7.81. The number of halogens is 1. The standard InChI is InChI=1S/C25H26ClN3O6/c1-25(2,14-35-22(31)11-10-21(30)34-5)27-24(32)23-17-8-6-16(13-19(17)29(3)28-23)15-7-9-20(33-4)18(26)12-15/h6-13H,14H2,1-5H3,(H,27,32)/b11-10+. The lowest BCUT2D eigenvalue weighted by Gasteiger charge is -2.25. The van der Waals surface area contributed by atoms with Crippen molar-refractivity contribution in [3.05, 3.63) is 59.3 Å². The molecule has 3 rings (SSSR count). The van der Waals surface area contributed by atoms with Gasteiger partial charge in [-0.15, -0.1) is 0 Å². The fourth-order valence-electron chi connectivity index (χ4n) is 3.36. The molecule has 0 aliphatic carbocycles. The normalized spacial score (nSPS) is 11.5. The van der Waals surface area contributed by atoms with Gasteiger partial charge in [0.2, 0.25) is 0 Å². The van der Waals surface area contributed by atoms with Crippen LogP contribution in [-0.4, -0.2) is 54.0 Å². The number of fused-ring (bicyclic) bond motifs is 1. The zero-order valence-electron chi connectivity index (χ0n) is 20.0. The summed E-state index contributed by atoms with van der Waals surface area (Å²) in [4.78, 5) is 35.9. The quantitative estimate of drug-likeness (QED) is 0.372. The maximum absolute atomic E-state index is 13.0. The molecule has 9 nitrogen and oxygen atoms in total. The highest BCUT2D eigenvalue weighted by Gasteiger charge is 2.26. The van der Waals surface area contributed by atoms with Crippen LogP contribution in [0.4, 0.5) is 0 Å². The van der Waals surface area contributed by atoms with Crippen molar-refractivity contribution < 1.29 is 28.6 Å². The van der Waals surface area contributed by atoms with Crippen LogP contribution in [-0.2, 0) is 26.1 Å². The van der Waals surface area contributed by atoms with Crippen LogP contribution >= 0.6 is 11.6 Å². The van der Waals surface area contributed by atoms with Crippen LogP contribution in [0, 0.1) is 0 Å². The molecular formula is C25H26ClN3O6. The van der Waals surface area contributed by atoms with Crippen LogP contribution in [0.15, 0.2) is 48.6 Å². The summed E-state index contributed by atoms with van der Waals surface area (Å²) < 4.78 is 16.4. The molecule has 3 aromatic rings. The maximum Gasteiger partial charge on any atom is 0.331 e. The third-order valence-electron chi connectivity index (χ3n) is 5.14. The van der Waals surface area contributed by atoms with Crippen molar-refractivity contribution in [3.8, 4) is 16.9 Å². The highest BCUT2D eigenvalue weighted by atomic mass is 35.5. The van der Waals surface area contributed by atoms with E-state index in [-0.39, 0.29) is 12.3 Å². The molecule has 10 heteroatoms. The molecule has 1 amide bonds. The van der Waals surface area contributed by atoms with E-state index in [1.165, 1.54) is 7.11 Å². The van der Waals surface area contributed by atoms with Crippen molar-refractivity contribution in [1.29, 1.82) is 0 Å². The topological polar surface area (TPSA) is 109 Å². The molecule has 0 fully saturated rings. The third-order valence-corrected chi connectivity index (χ3v) is 5.43. The number of nitrogens with zero attached hydrogens (tertiary/aromatic N) is 2. The molecular weight excluding hydrogens is 474 g/mol. The number of carbonyl (C=O) groups excluding carboxylic acids is 3. The summed E-state index contributed by atoms with van der Waals surface area (Å²) in [7, 11) is 4.51. The zero-order chi connectivity index (χ0) is 25.8. The number of esters is 2. The van der Waals surface area contributed by atoms with Gasteiger partial charge < -0.3 is 19.5 Å². The summed E-state index contributed by atoms with van der Waals surface area (Å²) in [6.45, 7) is 3.30. The van der Waals surface area contributed by atoms with Crippen LogP contribution in [0.25, 0.3) is 22.0 Å². The highest BCUT2D eigenvalue weighted by Crippen LogP contribution is 2.32. The van der Waals surface area contributed by atoms with Gasteiger partial charge in [-0.05, 0) is 49.2 Å². The lowest BCUT2D eigenvalue weighted by atomic mass is 10.0. The number of methoxy groups -OCH3 is 2.